The van der Waals surface area contributed by atoms with Crippen molar-refractivity contribution in [1.29, 1.82) is 5.26 Å². The Morgan fingerprint density at radius 1 is 1.56 bits per heavy atom. The number of anilines is 2. The minimum absolute atomic E-state index is 0.534. The van der Waals surface area contributed by atoms with E-state index in [1.807, 2.05) is 11.6 Å². The molecule has 2 N–H and O–H groups in total. The molecule has 0 spiro atoms. The molecule has 5 heteroatoms. The molecule has 0 bridgehead atoms. The summed E-state index contributed by atoms with van der Waals surface area (Å²) >= 11 is 0. The molecule has 2 rings (SSSR count). The van der Waals surface area contributed by atoms with Gasteiger partial charge in [0.05, 0.1) is 23.9 Å². The summed E-state index contributed by atoms with van der Waals surface area (Å²) < 4.78 is 2.00. The minimum Gasteiger partial charge on any atom is -0.394 e. The van der Waals surface area contributed by atoms with Crippen LogP contribution in [-0.4, -0.2) is 22.4 Å². The van der Waals surface area contributed by atoms with E-state index in [4.69, 9.17) is 11.0 Å². The number of hydrogen-bond acceptors (Lipinski definition) is 4. The summed E-state index contributed by atoms with van der Waals surface area (Å²) in [6.45, 7) is 5.71. The van der Waals surface area contributed by atoms with Crippen molar-refractivity contribution in [2.24, 2.45) is 0 Å². The predicted molar refractivity (Wildman–Crippen MR) is 72.3 cm³/mol. The molecule has 18 heavy (non-hydrogen) atoms. The van der Waals surface area contributed by atoms with Gasteiger partial charge in [-0.25, -0.2) is 4.68 Å². The highest BCUT2D eigenvalue weighted by Gasteiger charge is 2.32. The molecule has 0 aliphatic heterocycles. The molecule has 1 aliphatic rings. The highest BCUT2D eigenvalue weighted by molar-refractivity contribution is 5.67. The van der Waals surface area contributed by atoms with Crippen molar-refractivity contribution >= 4 is 11.5 Å². The van der Waals surface area contributed by atoms with Crippen LogP contribution in [0.2, 0.25) is 0 Å². The standard InChI is InChI=1S/C13H21N5/c1-3-8-18-13(12(15)10(2)16-18)17(9-4-7-14)11-5-6-11/h11H,3-6,8-9,15H2,1-2H3. The van der Waals surface area contributed by atoms with Crippen molar-refractivity contribution in [3.63, 3.8) is 0 Å². The number of nitrogen functional groups attached to an aromatic ring is 1. The van der Waals surface area contributed by atoms with Gasteiger partial charge in [-0.1, -0.05) is 6.92 Å². The third-order valence-electron chi connectivity index (χ3n) is 3.31. The average molecular weight is 247 g/mol. The van der Waals surface area contributed by atoms with Crippen LogP contribution in [0.3, 0.4) is 0 Å². The topological polar surface area (TPSA) is 70.9 Å². The molecular formula is C13H21N5. The second-order valence-corrected chi connectivity index (χ2v) is 4.88. The lowest BCUT2D eigenvalue weighted by Crippen LogP contribution is -2.30. The number of aryl methyl sites for hydroxylation is 2. The van der Waals surface area contributed by atoms with Gasteiger partial charge in [-0.15, -0.1) is 0 Å². The molecule has 0 saturated heterocycles. The van der Waals surface area contributed by atoms with Crippen molar-refractivity contribution in [3.05, 3.63) is 5.69 Å². The first-order chi connectivity index (χ1) is 8.69. The molecule has 1 aromatic heterocycles. The lowest BCUT2D eigenvalue weighted by Gasteiger charge is -2.24. The number of nitriles is 1. The van der Waals surface area contributed by atoms with Crippen molar-refractivity contribution in [3.8, 4) is 6.07 Å². The van der Waals surface area contributed by atoms with Gasteiger partial charge in [0.15, 0.2) is 5.82 Å². The fourth-order valence-corrected chi connectivity index (χ4v) is 2.27. The Kier molecular flexibility index (Phi) is 3.75. The van der Waals surface area contributed by atoms with Crippen molar-refractivity contribution < 1.29 is 0 Å². The summed E-state index contributed by atoms with van der Waals surface area (Å²) in [5.74, 6) is 1.02. The van der Waals surface area contributed by atoms with Crippen LogP contribution >= 0.6 is 0 Å². The van der Waals surface area contributed by atoms with Crippen LogP contribution in [0.1, 0.15) is 38.3 Å². The van der Waals surface area contributed by atoms with Crippen molar-refractivity contribution in [2.45, 2.75) is 52.1 Å². The van der Waals surface area contributed by atoms with Crippen molar-refractivity contribution in [1.82, 2.24) is 9.78 Å². The minimum atomic E-state index is 0.534. The molecule has 1 heterocycles. The number of rotatable bonds is 6. The van der Waals surface area contributed by atoms with Crippen LogP contribution in [0, 0.1) is 18.3 Å². The van der Waals surface area contributed by atoms with Gasteiger partial charge in [-0.2, -0.15) is 10.4 Å². The maximum absolute atomic E-state index is 8.78. The Hall–Kier alpha value is -1.70. The van der Waals surface area contributed by atoms with Gasteiger partial charge in [0, 0.05) is 19.1 Å². The van der Waals surface area contributed by atoms with E-state index < -0.39 is 0 Å². The number of aromatic nitrogens is 2. The van der Waals surface area contributed by atoms with E-state index >= 15 is 0 Å². The maximum atomic E-state index is 8.78. The summed E-state index contributed by atoms with van der Waals surface area (Å²) in [6.07, 6.45) is 3.96. The van der Waals surface area contributed by atoms with Gasteiger partial charge in [0.1, 0.15) is 0 Å². The molecule has 1 aliphatic carbocycles. The molecule has 5 nitrogen and oxygen atoms in total. The molecule has 1 fully saturated rings. The molecule has 1 saturated carbocycles. The fraction of sp³-hybridized carbons (Fsp3) is 0.692. The molecule has 98 valence electrons. The normalized spacial score (nSPS) is 14.5. The van der Waals surface area contributed by atoms with E-state index in [1.165, 1.54) is 12.8 Å². The SMILES string of the molecule is CCCn1nc(C)c(N)c1N(CCC#N)C1CC1. The molecule has 0 unspecified atom stereocenters. The highest BCUT2D eigenvalue weighted by atomic mass is 15.4. The van der Waals surface area contributed by atoms with E-state index in [-0.39, 0.29) is 0 Å². The number of hydrogen-bond donors (Lipinski definition) is 1. The number of nitrogens with zero attached hydrogens (tertiary/aromatic N) is 4. The van der Waals surface area contributed by atoms with E-state index in [1.54, 1.807) is 0 Å². The van der Waals surface area contributed by atoms with Gasteiger partial charge in [-0.05, 0) is 26.2 Å². The van der Waals surface area contributed by atoms with Crippen molar-refractivity contribution in [2.75, 3.05) is 17.2 Å². The Morgan fingerprint density at radius 2 is 2.28 bits per heavy atom. The van der Waals surface area contributed by atoms with Crippen LogP contribution in [0.4, 0.5) is 11.5 Å². The van der Waals surface area contributed by atoms with E-state index in [2.05, 4.69) is 23.0 Å². The van der Waals surface area contributed by atoms with Crippen LogP contribution in [-0.2, 0) is 6.54 Å². The smallest absolute Gasteiger partial charge is 0.150 e. The Bertz CT molecular complexity index is 453. The van der Waals surface area contributed by atoms with Gasteiger partial charge in [-0.3, -0.25) is 0 Å². The van der Waals surface area contributed by atoms with Gasteiger partial charge < -0.3 is 10.6 Å². The zero-order valence-electron chi connectivity index (χ0n) is 11.2. The lowest BCUT2D eigenvalue weighted by molar-refractivity contribution is 0.583. The third-order valence-corrected chi connectivity index (χ3v) is 3.31. The lowest BCUT2D eigenvalue weighted by atomic mass is 10.3. The second kappa shape index (κ2) is 5.30. The Balaban J connectivity index is 2.30. The van der Waals surface area contributed by atoms with Crippen LogP contribution < -0.4 is 10.6 Å². The van der Waals surface area contributed by atoms with E-state index in [0.29, 0.717) is 12.5 Å². The van der Waals surface area contributed by atoms with E-state index in [0.717, 1.165) is 36.7 Å². The van der Waals surface area contributed by atoms with Crippen LogP contribution in [0.5, 0.6) is 0 Å². The first kappa shape index (κ1) is 12.7. The Labute approximate surface area is 108 Å². The van der Waals surface area contributed by atoms with Gasteiger partial charge in [0.2, 0.25) is 0 Å². The molecule has 0 amide bonds. The largest absolute Gasteiger partial charge is 0.394 e. The first-order valence-corrected chi connectivity index (χ1v) is 6.65. The monoisotopic (exact) mass is 247 g/mol. The summed E-state index contributed by atoms with van der Waals surface area (Å²) in [6, 6.07) is 2.76. The predicted octanol–water partition coefficient (Wildman–Crippen LogP) is 2.07. The average Bonchev–Trinajstić information content (AvgIpc) is 3.13. The summed E-state index contributed by atoms with van der Waals surface area (Å²) in [5, 5.41) is 13.3. The van der Waals surface area contributed by atoms with Crippen LogP contribution in [0.25, 0.3) is 0 Å². The summed E-state index contributed by atoms with van der Waals surface area (Å²) in [4.78, 5) is 2.27. The summed E-state index contributed by atoms with van der Waals surface area (Å²) in [7, 11) is 0. The molecule has 0 aromatic carbocycles. The number of nitrogens with two attached hydrogens (primary N) is 1. The third kappa shape index (κ3) is 2.42. The molecule has 0 radical (unpaired) electrons. The summed E-state index contributed by atoms with van der Waals surface area (Å²) in [5.41, 5.74) is 7.83. The van der Waals surface area contributed by atoms with E-state index in [9.17, 15) is 0 Å². The molecule has 1 aromatic rings. The first-order valence-electron chi connectivity index (χ1n) is 6.65. The van der Waals surface area contributed by atoms with Gasteiger partial charge >= 0.3 is 0 Å². The fourth-order valence-electron chi connectivity index (χ4n) is 2.27. The maximum Gasteiger partial charge on any atom is 0.150 e. The Morgan fingerprint density at radius 3 is 2.83 bits per heavy atom. The molecule has 0 atom stereocenters. The zero-order valence-corrected chi connectivity index (χ0v) is 11.2. The van der Waals surface area contributed by atoms with Gasteiger partial charge in [0.25, 0.3) is 0 Å². The van der Waals surface area contributed by atoms with Crippen LogP contribution in [0.15, 0.2) is 0 Å². The quantitative estimate of drug-likeness (QED) is 0.835. The second-order valence-electron chi connectivity index (χ2n) is 4.88. The highest BCUT2D eigenvalue weighted by Crippen LogP contribution is 2.36. The molecular weight excluding hydrogens is 226 g/mol. The zero-order chi connectivity index (χ0) is 13.1.